The van der Waals surface area contributed by atoms with Crippen LogP contribution in [-0.2, 0) is 14.8 Å². The number of likely N-dealkylation sites (tertiary alicyclic amines) is 1. The molecule has 7 nitrogen and oxygen atoms in total. The van der Waals surface area contributed by atoms with E-state index in [1.807, 2.05) is 0 Å². The molecule has 0 spiro atoms. The van der Waals surface area contributed by atoms with Crippen LogP contribution >= 0.6 is 0 Å². The molecule has 1 aliphatic rings. The number of hydrogen-bond acceptors (Lipinski definition) is 5. The van der Waals surface area contributed by atoms with Gasteiger partial charge in [-0.15, -0.1) is 0 Å². The lowest BCUT2D eigenvalue weighted by Crippen LogP contribution is -2.47. The summed E-state index contributed by atoms with van der Waals surface area (Å²) in [5.41, 5.74) is 0.290. The van der Waals surface area contributed by atoms with Gasteiger partial charge in [0.1, 0.15) is 10.6 Å². The maximum absolute atomic E-state index is 12.5. The van der Waals surface area contributed by atoms with Crippen molar-refractivity contribution in [1.29, 1.82) is 0 Å². The monoisotopic (exact) mass is 343 g/mol. The van der Waals surface area contributed by atoms with Crippen molar-refractivity contribution in [3.05, 3.63) is 11.5 Å². The molecule has 2 atom stereocenters. The van der Waals surface area contributed by atoms with E-state index in [4.69, 9.17) is 4.52 Å². The number of aromatic nitrogens is 1. The minimum atomic E-state index is -3.83. The van der Waals surface area contributed by atoms with Gasteiger partial charge in [0, 0.05) is 13.1 Å². The maximum atomic E-state index is 12.5. The lowest BCUT2D eigenvalue weighted by molar-refractivity contribution is -0.132. The van der Waals surface area contributed by atoms with Gasteiger partial charge in [0.25, 0.3) is 0 Å². The van der Waals surface area contributed by atoms with Crippen LogP contribution in [0.25, 0.3) is 0 Å². The first-order chi connectivity index (χ1) is 10.7. The summed E-state index contributed by atoms with van der Waals surface area (Å²) < 4.78 is 32.3. The third kappa shape index (κ3) is 4.11. The van der Waals surface area contributed by atoms with Gasteiger partial charge in [0.15, 0.2) is 5.76 Å². The number of carbonyl (C=O) groups is 1. The summed E-state index contributed by atoms with van der Waals surface area (Å²) in [5.74, 6) is 0.634. The van der Waals surface area contributed by atoms with E-state index in [2.05, 4.69) is 16.8 Å². The Labute approximate surface area is 137 Å². The number of carbonyl (C=O) groups excluding carboxylic acids is 1. The smallest absolute Gasteiger partial charge is 0.246 e. The van der Waals surface area contributed by atoms with E-state index in [1.54, 1.807) is 18.7 Å². The molecule has 0 aromatic carbocycles. The fraction of sp³-hybridized carbons (Fsp3) is 0.733. The Kier molecular flexibility index (Phi) is 5.46. The molecule has 1 aromatic rings. The Hall–Kier alpha value is -1.41. The molecule has 23 heavy (non-hydrogen) atoms. The van der Waals surface area contributed by atoms with Crippen molar-refractivity contribution in [2.24, 2.45) is 5.92 Å². The summed E-state index contributed by atoms with van der Waals surface area (Å²) in [5, 5.41) is 3.66. The molecule has 1 aliphatic heterocycles. The first-order valence-electron chi connectivity index (χ1n) is 7.96. The number of aryl methyl sites for hydroxylation is 2. The highest BCUT2D eigenvalue weighted by Gasteiger charge is 2.30. The SMILES string of the molecule is Cc1noc(C)c1S(=O)(=O)N[C@@H](C)C(=O)N1CCCC(C)CC1. The van der Waals surface area contributed by atoms with Gasteiger partial charge in [-0.2, -0.15) is 4.72 Å². The fourth-order valence-corrected chi connectivity index (χ4v) is 4.48. The second-order valence-corrected chi connectivity index (χ2v) is 8.01. The molecule has 1 aromatic heterocycles. The number of nitrogens with zero attached hydrogens (tertiary/aromatic N) is 2. The van der Waals surface area contributed by atoms with Gasteiger partial charge in [0.05, 0.1) is 6.04 Å². The number of amides is 1. The maximum Gasteiger partial charge on any atom is 0.246 e. The van der Waals surface area contributed by atoms with Crippen molar-refractivity contribution in [2.75, 3.05) is 13.1 Å². The van der Waals surface area contributed by atoms with E-state index >= 15 is 0 Å². The predicted octanol–water partition coefficient (Wildman–Crippen LogP) is 1.61. The third-order valence-electron chi connectivity index (χ3n) is 4.27. The zero-order valence-electron chi connectivity index (χ0n) is 14.1. The molecule has 0 aliphatic carbocycles. The van der Waals surface area contributed by atoms with Gasteiger partial charge >= 0.3 is 0 Å². The van der Waals surface area contributed by atoms with E-state index in [1.165, 1.54) is 6.92 Å². The van der Waals surface area contributed by atoms with Gasteiger partial charge in [0.2, 0.25) is 15.9 Å². The van der Waals surface area contributed by atoms with Crippen molar-refractivity contribution in [2.45, 2.75) is 57.9 Å². The van der Waals surface area contributed by atoms with Crippen molar-refractivity contribution in [3.8, 4) is 0 Å². The number of sulfonamides is 1. The molecule has 1 fully saturated rings. The minimum Gasteiger partial charge on any atom is -0.360 e. The van der Waals surface area contributed by atoms with Gasteiger partial charge in [-0.3, -0.25) is 4.79 Å². The quantitative estimate of drug-likeness (QED) is 0.896. The highest BCUT2D eigenvalue weighted by atomic mass is 32.2. The highest BCUT2D eigenvalue weighted by molar-refractivity contribution is 7.89. The molecule has 0 saturated carbocycles. The molecular formula is C15H25N3O4S. The summed E-state index contributed by atoms with van der Waals surface area (Å²) >= 11 is 0. The fourth-order valence-electron chi connectivity index (χ4n) is 2.96. The summed E-state index contributed by atoms with van der Waals surface area (Å²) in [7, 11) is -3.83. The van der Waals surface area contributed by atoms with Crippen LogP contribution in [0.5, 0.6) is 0 Å². The molecular weight excluding hydrogens is 318 g/mol. The van der Waals surface area contributed by atoms with Crippen LogP contribution in [0.2, 0.25) is 0 Å². The highest BCUT2D eigenvalue weighted by Crippen LogP contribution is 2.20. The van der Waals surface area contributed by atoms with Crippen molar-refractivity contribution in [3.63, 3.8) is 0 Å². The predicted molar refractivity (Wildman–Crippen MR) is 85.4 cm³/mol. The molecule has 1 N–H and O–H groups in total. The molecule has 1 saturated heterocycles. The third-order valence-corrected chi connectivity index (χ3v) is 6.05. The Morgan fingerprint density at radius 1 is 1.35 bits per heavy atom. The molecule has 1 unspecified atom stereocenters. The molecule has 8 heteroatoms. The minimum absolute atomic E-state index is 0.0154. The van der Waals surface area contributed by atoms with Crippen molar-refractivity contribution >= 4 is 15.9 Å². The van der Waals surface area contributed by atoms with Gasteiger partial charge in [-0.05, 0) is 46.0 Å². The molecule has 130 valence electrons. The Morgan fingerprint density at radius 3 is 2.65 bits per heavy atom. The number of rotatable bonds is 4. The molecule has 2 heterocycles. The zero-order valence-corrected chi connectivity index (χ0v) is 14.9. The van der Waals surface area contributed by atoms with E-state index < -0.39 is 16.1 Å². The van der Waals surface area contributed by atoms with E-state index in [9.17, 15) is 13.2 Å². The summed E-state index contributed by atoms with van der Waals surface area (Å²) in [6, 6.07) is -0.817. The number of nitrogens with one attached hydrogen (secondary N) is 1. The van der Waals surface area contributed by atoms with E-state index in [0.717, 1.165) is 19.3 Å². The summed E-state index contributed by atoms with van der Waals surface area (Å²) in [6.07, 6.45) is 3.01. The largest absolute Gasteiger partial charge is 0.360 e. The van der Waals surface area contributed by atoms with Crippen LogP contribution in [0.3, 0.4) is 0 Å². The molecule has 0 radical (unpaired) electrons. The van der Waals surface area contributed by atoms with Gasteiger partial charge in [-0.25, -0.2) is 8.42 Å². The van der Waals surface area contributed by atoms with Crippen LogP contribution in [-0.4, -0.2) is 43.5 Å². The Balaban J connectivity index is 2.08. The lowest BCUT2D eigenvalue weighted by Gasteiger charge is -2.24. The second kappa shape index (κ2) is 7.00. The lowest BCUT2D eigenvalue weighted by atomic mass is 10.0. The topological polar surface area (TPSA) is 92.5 Å². The zero-order chi connectivity index (χ0) is 17.2. The Morgan fingerprint density at radius 2 is 2.04 bits per heavy atom. The average molecular weight is 343 g/mol. The van der Waals surface area contributed by atoms with Crippen LogP contribution in [0.1, 0.15) is 44.6 Å². The first kappa shape index (κ1) is 17.9. The molecule has 2 rings (SSSR count). The average Bonchev–Trinajstić information content (AvgIpc) is 2.68. The van der Waals surface area contributed by atoms with E-state index in [0.29, 0.717) is 24.7 Å². The number of hydrogen-bond donors (Lipinski definition) is 1. The standard InChI is InChI=1S/C15H25N3O4S/c1-10-6-5-8-18(9-7-10)15(19)12(3)17-23(20,21)14-11(2)16-22-13(14)4/h10,12,17H,5-9H2,1-4H3/t10?,12-/m0/s1. The van der Waals surface area contributed by atoms with E-state index in [-0.39, 0.29) is 16.6 Å². The van der Waals surface area contributed by atoms with Gasteiger partial charge in [-0.1, -0.05) is 12.1 Å². The van der Waals surface area contributed by atoms with Gasteiger partial charge < -0.3 is 9.42 Å². The second-order valence-electron chi connectivity index (χ2n) is 6.36. The van der Waals surface area contributed by atoms with Crippen LogP contribution in [0, 0.1) is 19.8 Å². The summed E-state index contributed by atoms with van der Waals surface area (Å²) in [4.78, 5) is 14.3. The Bertz CT molecular complexity index is 649. The normalized spacial score (nSPS) is 21.0. The molecule has 1 amide bonds. The van der Waals surface area contributed by atoms with Crippen LogP contribution in [0.4, 0.5) is 0 Å². The van der Waals surface area contributed by atoms with Crippen LogP contribution in [0.15, 0.2) is 9.42 Å². The van der Waals surface area contributed by atoms with Crippen molar-refractivity contribution in [1.82, 2.24) is 14.8 Å². The first-order valence-corrected chi connectivity index (χ1v) is 9.44. The molecule has 0 bridgehead atoms. The van der Waals surface area contributed by atoms with Crippen LogP contribution < -0.4 is 4.72 Å². The summed E-state index contributed by atoms with van der Waals surface area (Å²) in [6.45, 7) is 8.22. The van der Waals surface area contributed by atoms with Crippen molar-refractivity contribution < 1.29 is 17.7 Å².